The molecule has 3 rings (SSSR count). The van der Waals surface area contributed by atoms with Crippen LogP contribution in [0.5, 0.6) is 0 Å². The van der Waals surface area contributed by atoms with Gasteiger partial charge in [0.05, 0.1) is 0 Å². The summed E-state index contributed by atoms with van der Waals surface area (Å²) in [6, 6.07) is 14.3. The molecule has 2 heterocycles. The van der Waals surface area contributed by atoms with Gasteiger partial charge in [-0.05, 0) is 34.3 Å². The first-order valence-corrected chi connectivity index (χ1v) is 7.58. The number of fused-ring (bicyclic) bond motifs is 1. The Labute approximate surface area is 118 Å². The third-order valence-corrected chi connectivity index (χ3v) is 4.03. The zero-order valence-electron chi connectivity index (χ0n) is 9.80. The van der Waals surface area contributed by atoms with Crippen molar-refractivity contribution in [3.8, 4) is 11.3 Å². The second-order valence-corrected chi connectivity index (χ2v) is 5.62. The predicted molar refractivity (Wildman–Crippen MR) is 80.1 cm³/mol. The lowest BCUT2D eigenvalue weighted by Gasteiger charge is -2.01. The molecule has 0 bridgehead atoms. The van der Waals surface area contributed by atoms with E-state index in [1.54, 1.807) is 11.8 Å². The molecule has 1 aromatic carbocycles. The molecule has 0 unspecified atom stereocenters. The topological polar surface area (TPSA) is 17.3 Å². The summed E-state index contributed by atoms with van der Waals surface area (Å²) in [5.74, 6) is 0. The van der Waals surface area contributed by atoms with Gasteiger partial charge < -0.3 is 0 Å². The molecule has 0 aliphatic rings. The van der Waals surface area contributed by atoms with E-state index in [1.165, 1.54) is 0 Å². The van der Waals surface area contributed by atoms with E-state index in [4.69, 9.17) is 4.98 Å². The van der Waals surface area contributed by atoms with Crippen LogP contribution >= 0.6 is 27.7 Å². The van der Waals surface area contributed by atoms with Crippen molar-refractivity contribution in [1.29, 1.82) is 0 Å². The summed E-state index contributed by atoms with van der Waals surface area (Å²) >= 11 is 5.22. The first kappa shape index (κ1) is 11.8. The molecule has 0 saturated carbocycles. The average molecular weight is 319 g/mol. The van der Waals surface area contributed by atoms with Crippen molar-refractivity contribution in [3.05, 3.63) is 53.1 Å². The number of hydrogen-bond acceptors (Lipinski definition) is 2. The number of imidazole rings is 1. The molecule has 0 aliphatic carbocycles. The molecule has 0 aliphatic heterocycles. The molecule has 2 aromatic heterocycles. The second kappa shape index (κ2) is 4.78. The standard InChI is InChI=1S/C14H11BrN2S/c1-18-14-13(10-5-3-2-4-6-10)16-12-8-7-11(15)9-17(12)14/h2-9H,1H3. The smallest absolute Gasteiger partial charge is 0.138 e. The van der Waals surface area contributed by atoms with Crippen LogP contribution in [0.3, 0.4) is 0 Å². The molecular weight excluding hydrogens is 308 g/mol. The second-order valence-electron chi connectivity index (χ2n) is 3.91. The van der Waals surface area contributed by atoms with Gasteiger partial charge in [0.15, 0.2) is 0 Å². The first-order valence-electron chi connectivity index (χ1n) is 5.56. The third-order valence-electron chi connectivity index (χ3n) is 2.78. The van der Waals surface area contributed by atoms with Gasteiger partial charge in [0.1, 0.15) is 16.4 Å². The maximum Gasteiger partial charge on any atom is 0.138 e. The van der Waals surface area contributed by atoms with Crippen LogP contribution in [-0.4, -0.2) is 15.6 Å². The largest absolute Gasteiger partial charge is 0.293 e. The van der Waals surface area contributed by atoms with Crippen LogP contribution in [0.25, 0.3) is 16.9 Å². The molecule has 0 amide bonds. The fourth-order valence-electron chi connectivity index (χ4n) is 1.98. The van der Waals surface area contributed by atoms with Gasteiger partial charge in [-0.15, -0.1) is 11.8 Å². The molecule has 18 heavy (non-hydrogen) atoms. The zero-order chi connectivity index (χ0) is 12.5. The Kier molecular flexibility index (Phi) is 3.14. The molecule has 0 spiro atoms. The Morgan fingerprint density at radius 3 is 2.61 bits per heavy atom. The van der Waals surface area contributed by atoms with Crippen LogP contribution in [0.1, 0.15) is 0 Å². The highest BCUT2D eigenvalue weighted by atomic mass is 79.9. The minimum atomic E-state index is 0.974. The highest BCUT2D eigenvalue weighted by molar-refractivity contribution is 9.10. The van der Waals surface area contributed by atoms with Gasteiger partial charge in [-0.25, -0.2) is 4.98 Å². The summed E-state index contributed by atoms with van der Waals surface area (Å²) in [6.45, 7) is 0. The number of thioether (sulfide) groups is 1. The van der Waals surface area contributed by atoms with Gasteiger partial charge in [-0.1, -0.05) is 30.3 Å². The van der Waals surface area contributed by atoms with Crippen molar-refractivity contribution in [2.75, 3.05) is 6.26 Å². The van der Waals surface area contributed by atoms with E-state index < -0.39 is 0 Å². The fraction of sp³-hybridized carbons (Fsp3) is 0.0714. The van der Waals surface area contributed by atoms with Gasteiger partial charge >= 0.3 is 0 Å². The Morgan fingerprint density at radius 2 is 1.89 bits per heavy atom. The van der Waals surface area contributed by atoms with E-state index in [0.717, 1.165) is 26.4 Å². The molecule has 0 atom stereocenters. The van der Waals surface area contributed by atoms with Crippen molar-refractivity contribution < 1.29 is 0 Å². The summed E-state index contributed by atoms with van der Waals surface area (Å²) in [4.78, 5) is 4.72. The SMILES string of the molecule is CSc1c(-c2ccccc2)nc2ccc(Br)cn12. The van der Waals surface area contributed by atoms with Crippen LogP contribution in [0.15, 0.2) is 58.2 Å². The molecular formula is C14H11BrN2S. The predicted octanol–water partition coefficient (Wildman–Crippen LogP) is 4.49. The number of rotatable bonds is 2. The van der Waals surface area contributed by atoms with E-state index in [0.29, 0.717) is 0 Å². The minimum Gasteiger partial charge on any atom is -0.293 e. The van der Waals surface area contributed by atoms with E-state index in [1.807, 2.05) is 30.3 Å². The summed E-state index contributed by atoms with van der Waals surface area (Å²) in [6.07, 6.45) is 4.14. The first-order chi connectivity index (χ1) is 8.79. The molecule has 0 saturated heterocycles. The monoisotopic (exact) mass is 318 g/mol. The van der Waals surface area contributed by atoms with Gasteiger partial charge in [0.25, 0.3) is 0 Å². The summed E-state index contributed by atoms with van der Waals surface area (Å²) in [5, 5.41) is 1.16. The van der Waals surface area contributed by atoms with Crippen LogP contribution in [0.4, 0.5) is 0 Å². The number of benzene rings is 1. The Morgan fingerprint density at radius 1 is 1.11 bits per heavy atom. The highest BCUT2D eigenvalue weighted by Gasteiger charge is 2.12. The van der Waals surface area contributed by atoms with E-state index in [2.05, 4.69) is 44.9 Å². The summed E-state index contributed by atoms with van der Waals surface area (Å²) in [7, 11) is 0. The van der Waals surface area contributed by atoms with E-state index >= 15 is 0 Å². The minimum absolute atomic E-state index is 0.974. The lowest BCUT2D eigenvalue weighted by molar-refractivity contribution is 1.05. The van der Waals surface area contributed by atoms with Crippen LogP contribution in [0.2, 0.25) is 0 Å². The van der Waals surface area contributed by atoms with Gasteiger partial charge in [-0.2, -0.15) is 0 Å². The molecule has 2 nitrogen and oxygen atoms in total. The normalized spacial score (nSPS) is 11.0. The maximum atomic E-state index is 4.72. The van der Waals surface area contributed by atoms with Crippen molar-refractivity contribution in [3.63, 3.8) is 0 Å². The lowest BCUT2D eigenvalue weighted by atomic mass is 10.2. The van der Waals surface area contributed by atoms with Gasteiger partial charge in [-0.3, -0.25) is 4.40 Å². The molecule has 0 fully saturated rings. The Hall–Kier alpha value is -1.26. The number of aromatic nitrogens is 2. The highest BCUT2D eigenvalue weighted by Crippen LogP contribution is 2.31. The lowest BCUT2D eigenvalue weighted by Crippen LogP contribution is -1.86. The molecule has 3 aromatic rings. The van der Waals surface area contributed by atoms with Crippen LogP contribution < -0.4 is 0 Å². The number of pyridine rings is 1. The summed E-state index contributed by atoms with van der Waals surface area (Å²) in [5.41, 5.74) is 3.17. The van der Waals surface area contributed by atoms with Crippen molar-refractivity contribution in [2.24, 2.45) is 0 Å². The summed E-state index contributed by atoms with van der Waals surface area (Å²) < 4.78 is 3.18. The third kappa shape index (κ3) is 1.95. The van der Waals surface area contributed by atoms with E-state index in [-0.39, 0.29) is 0 Å². The number of nitrogens with zero attached hydrogens (tertiary/aromatic N) is 2. The molecule has 0 N–H and O–H groups in total. The van der Waals surface area contributed by atoms with Crippen LogP contribution in [-0.2, 0) is 0 Å². The van der Waals surface area contributed by atoms with Crippen molar-refractivity contribution in [2.45, 2.75) is 5.03 Å². The zero-order valence-corrected chi connectivity index (χ0v) is 12.2. The molecule has 4 heteroatoms. The van der Waals surface area contributed by atoms with Crippen molar-refractivity contribution in [1.82, 2.24) is 9.38 Å². The van der Waals surface area contributed by atoms with E-state index in [9.17, 15) is 0 Å². The fourth-order valence-corrected chi connectivity index (χ4v) is 3.01. The van der Waals surface area contributed by atoms with Gasteiger partial charge in [0, 0.05) is 16.2 Å². The average Bonchev–Trinajstić information content (AvgIpc) is 2.77. The van der Waals surface area contributed by atoms with Crippen LogP contribution in [0, 0.1) is 0 Å². The number of halogens is 1. The molecule has 90 valence electrons. The Balaban J connectivity index is 2.30. The quantitative estimate of drug-likeness (QED) is 0.648. The number of hydrogen-bond donors (Lipinski definition) is 0. The maximum absolute atomic E-state index is 4.72. The van der Waals surface area contributed by atoms with Crippen molar-refractivity contribution >= 4 is 33.3 Å². The molecule has 0 radical (unpaired) electrons. The van der Waals surface area contributed by atoms with Gasteiger partial charge in [0.2, 0.25) is 0 Å². The Bertz CT molecular complexity index is 692.